The fourth-order valence-electron chi connectivity index (χ4n) is 2.47. The molecule has 10 nitrogen and oxygen atoms in total. The van der Waals surface area contributed by atoms with E-state index in [0.29, 0.717) is 0 Å². The Morgan fingerprint density at radius 2 is 1.26 bits per heavy atom. The molecule has 4 atom stereocenters. The maximum atomic E-state index is 12.0. The van der Waals surface area contributed by atoms with Gasteiger partial charge in [0.15, 0.2) is 12.2 Å². The molecule has 4 unspecified atom stereocenters. The first-order valence-corrected chi connectivity index (χ1v) is 8.25. The fraction of sp³-hybridized carbons (Fsp3) is 0.706. The second-order valence-electron chi connectivity index (χ2n) is 5.96. The largest absolute Gasteiger partial charge is 0.462 e. The molecule has 0 aliphatic carbocycles. The maximum absolute atomic E-state index is 12.0. The molecule has 0 rings (SSSR count). The smallest absolute Gasteiger partial charge is 0.303 e. The number of esters is 4. The van der Waals surface area contributed by atoms with Gasteiger partial charge in [0.1, 0.15) is 18.8 Å². The number of likely N-dealkylation sites (N-methyl/N-ethyl adjacent to an activating group) is 1. The number of carbonyl (C=O) groups is 5. The third-order valence-electron chi connectivity index (χ3n) is 3.55. The van der Waals surface area contributed by atoms with Crippen molar-refractivity contribution in [2.75, 3.05) is 13.7 Å². The van der Waals surface area contributed by atoms with Gasteiger partial charge in [-0.2, -0.15) is 0 Å². The van der Waals surface area contributed by atoms with Crippen molar-refractivity contribution in [2.45, 2.75) is 65.9 Å². The molecule has 0 aromatic carbocycles. The van der Waals surface area contributed by atoms with Crippen LogP contribution in [0.4, 0.5) is 0 Å². The lowest BCUT2D eigenvalue weighted by molar-refractivity contribution is -0.184. The van der Waals surface area contributed by atoms with Crippen molar-refractivity contribution < 1.29 is 42.9 Å². The second kappa shape index (κ2) is 11.1. The molecule has 0 aromatic heterocycles. The van der Waals surface area contributed by atoms with Crippen molar-refractivity contribution in [3.63, 3.8) is 0 Å². The van der Waals surface area contributed by atoms with Gasteiger partial charge in [0, 0.05) is 41.7 Å². The summed E-state index contributed by atoms with van der Waals surface area (Å²) >= 11 is 0. The Labute approximate surface area is 158 Å². The lowest BCUT2D eigenvalue weighted by atomic mass is 9.98. The first kappa shape index (κ1) is 24.4. The van der Waals surface area contributed by atoms with Crippen LogP contribution in [0, 0.1) is 0 Å². The van der Waals surface area contributed by atoms with Crippen molar-refractivity contribution in [2.24, 2.45) is 0 Å². The number of nitrogens with zero attached hydrogens (tertiary/aromatic N) is 1. The minimum atomic E-state index is -1.18. The first-order valence-electron chi connectivity index (χ1n) is 8.25. The molecule has 154 valence electrons. The van der Waals surface area contributed by atoms with Gasteiger partial charge in [-0.1, -0.05) is 0 Å². The lowest BCUT2D eigenvalue weighted by Gasteiger charge is -2.39. The summed E-state index contributed by atoms with van der Waals surface area (Å²) in [6.45, 7) is 6.96. The average Bonchev–Trinajstić information content (AvgIpc) is 2.49. The van der Waals surface area contributed by atoms with Crippen LogP contribution in [0.25, 0.3) is 0 Å². The number of amides is 1. The van der Waals surface area contributed by atoms with Crippen LogP contribution in [0.3, 0.4) is 0 Å². The zero-order valence-corrected chi connectivity index (χ0v) is 16.6. The highest BCUT2D eigenvalue weighted by molar-refractivity contribution is 5.74. The molecule has 0 fully saturated rings. The third kappa shape index (κ3) is 9.02. The number of carbonyl (C=O) groups excluding carboxylic acids is 5. The SMILES string of the molecule is CC(=O)OCC(OC(C)=O)C(C(OC(C)=O)C(C)OC(C)=O)N(C)C(C)=O. The third-order valence-corrected chi connectivity index (χ3v) is 3.55. The summed E-state index contributed by atoms with van der Waals surface area (Å²) in [5.41, 5.74) is 0. The summed E-state index contributed by atoms with van der Waals surface area (Å²) in [5.74, 6) is -3.10. The van der Waals surface area contributed by atoms with Crippen molar-refractivity contribution in [1.29, 1.82) is 0 Å². The Morgan fingerprint density at radius 1 is 0.778 bits per heavy atom. The van der Waals surface area contributed by atoms with Crippen LogP contribution in [0.5, 0.6) is 0 Å². The van der Waals surface area contributed by atoms with E-state index in [4.69, 9.17) is 18.9 Å². The maximum Gasteiger partial charge on any atom is 0.303 e. The molecule has 0 bridgehead atoms. The molecule has 0 saturated carbocycles. The van der Waals surface area contributed by atoms with Crippen molar-refractivity contribution in [1.82, 2.24) is 4.90 Å². The Morgan fingerprint density at radius 3 is 1.63 bits per heavy atom. The number of ether oxygens (including phenoxy) is 4. The quantitative estimate of drug-likeness (QED) is 0.402. The van der Waals surface area contributed by atoms with E-state index in [1.807, 2.05) is 0 Å². The van der Waals surface area contributed by atoms with E-state index < -0.39 is 54.1 Å². The summed E-state index contributed by atoms with van der Waals surface area (Å²) in [4.78, 5) is 58.8. The zero-order chi connectivity index (χ0) is 21.3. The van der Waals surface area contributed by atoms with Gasteiger partial charge in [0.25, 0.3) is 0 Å². The van der Waals surface area contributed by atoms with Gasteiger partial charge in [-0.15, -0.1) is 0 Å². The Kier molecular flexibility index (Phi) is 10.1. The summed E-state index contributed by atoms with van der Waals surface area (Å²) < 4.78 is 20.5. The standard InChI is InChI=1S/C17H27NO9/c1-9(25-12(4)21)17(27-14(6)23)16(18(7)10(2)19)15(26-13(5)22)8-24-11(3)20/h9,15-17H,8H2,1-7H3. The minimum absolute atomic E-state index is 0.387. The summed E-state index contributed by atoms with van der Waals surface area (Å²) in [6, 6.07) is -1.08. The van der Waals surface area contributed by atoms with Crippen LogP contribution in [-0.4, -0.2) is 72.7 Å². The monoisotopic (exact) mass is 389 g/mol. The average molecular weight is 389 g/mol. The van der Waals surface area contributed by atoms with Crippen molar-refractivity contribution >= 4 is 29.8 Å². The molecule has 0 aromatic rings. The summed E-state index contributed by atoms with van der Waals surface area (Å²) in [6.07, 6.45) is -3.32. The van der Waals surface area contributed by atoms with E-state index in [1.165, 1.54) is 39.6 Å². The van der Waals surface area contributed by atoms with E-state index >= 15 is 0 Å². The van der Waals surface area contributed by atoms with Crippen LogP contribution >= 0.6 is 0 Å². The zero-order valence-electron chi connectivity index (χ0n) is 16.6. The normalized spacial score (nSPS) is 14.8. The topological polar surface area (TPSA) is 126 Å². The van der Waals surface area contributed by atoms with E-state index in [2.05, 4.69) is 0 Å². The number of hydrogen-bond acceptors (Lipinski definition) is 9. The highest BCUT2D eigenvalue weighted by atomic mass is 16.6. The highest BCUT2D eigenvalue weighted by Crippen LogP contribution is 2.21. The molecular formula is C17H27NO9. The van der Waals surface area contributed by atoms with Gasteiger partial charge in [0.2, 0.25) is 5.91 Å². The van der Waals surface area contributed by atoms with Crippen LogP contribution in [0.15, 0.2) is 0 Å². The molecule has 0 aliphatic rings. The van der Waals surface area contributed by atoms with Gasteiger partial charge in [0.05, 0.1) is 0 Å². The predicted molar refractivity (Wildman–Crippen MR) is 91.2 cm³/mol. The van der Waals surface area contributed by atoms with Crippen molar-refractivity contribution in [3.8, 4) is 0 Å². The number of rotatable bonds is 9. The van der Waals surface area contributed by atoms with Crippen LogP contribution in [0.2, 0.25) is 0 Å². The lowest BCUT2D eigenvalue weighted by Crippen LogP contribution is -2.58. The molecular weight excluding hydrogens is 362 g/mol. The first-order chi connectivity index (χ1) is 12.4. The van der Waals surface area contributed by atoms with E-state index in [1.54, 1.807) is 0 Å². The van der Waals surface area contributed by atoms with Gasteiger partial charge in [-0.05, 0) is 6.92 Å². The van der Waals surface area contributed by atoms with Gasteiger partial charge < -0.3 is 23.8 Å². The predicted octanol–water partition coefficient (Wildman–Crippen LogP) is 0.211. The molecule has 0 radical (unpaired) electrons. The molecule has 0 N–H and O–H groups in total. The molecule has 1 amide bonds. The molecule has 0 aliphatic heterocycles. The van der Waals surface area contributed by atoms with E-state index in [-0.39, 0.29) is 6.61 Å². The Balaban J connectivity index is 6.06. The van der Waals surface area contributed by atoms with Crippen molar-refractivity contribution in [3.05, 3.63) is 0 Å². The van der Waals surface area contributed by atoms with Gasteiger partial charge in [-0.25, -0.2) is 0 Å². The second-order valence-corrected chi connectivity index (χ2v) is 5.96. The van der Waals surface area contributed by atoms with E-state index in [9.17, 15) is 24.0 Å². The summed E-state index contributed by atoms with van der Waals surface area (Å²) in [7, 11) is 1.40. The highest BCUT2D eigenvalue weighted by Gasteiger charge is 2.43. The molecule has 0 saturated heterocycles. The molecule has 10 heteroatoms. The molecule has 27 heavy (non-hydrogen) atoms. The minimum Gasteiger partial charge on any atom is -0.462 e. The van der Waals surface area contributed by atoms with E-state index in [0.717, 1.165) is 13.8 Å². The van der Waals surface area contributed by atoms with Gasteiger partial charge >= 0.3 is 23.9 Å². The molecule has 0 heterocycles. The summed E-state index contributed by atoms with van der Waals surface area (Å²) in [5, 5.41) is 0. The van der Waals surface area contributed by atoms with Crippen LogP contribution < -0.4 is 0 Å². The molecule has 0 spiro atoms. The van der Waals surface area contributed by atoms with Crippen LogP contribution in [0.1, 0.15) is 41.5 Å². The van der Waals surface area contributed by atoms with Crippen LogP contribution in [-0.2, 0) is 42.9 Å². The fourth-order valence-corrected chi connectivity index (χ4v) is 2.47. The number of hydrogen-bond donors (Lipinski definition) is 0. The Hall–Kier alpha value is -2.65. The Bertz CT molecular complexity index is 575. The van der Waals surface area contributed by atoms with Gasteiger partial charge in [-0.3, -0.25) is 24.0 Å².